The molecule has 2 rings (SSSR count). The summed E-state index contributed by atoms with van der Waals surface area (Å²) in [4.78, 5) is 12.5. The molecular formula is C18H18N2O3. The summed E-state index contributed by atoms with van der Waals surface area (Å²) in [7, 11) is 1.48. The number of rotatable bonds is 6. The molecule has 0 atom stereocenters. The van der Waals surface area contributed by atoms with Gasteiger partial charge in [0.15, 0.2) is 11.5 Å². The average Bonchev–Trinajstić information content (AvgIpc) is 2.60. The normalized spacial score (nSPS) is 9.78. The van der Waals surface area contributed by atoms with Crippen molar-refractivity contribution in [3.05, 3.63) is 59.2 Å². The number of benzene rings is 2. The second-order valence-electron chi connectivity index (χ2n) is 4.77. The van der Waals surface area contributed by atoms with Gasteiger partial charge >= 0.3 is 0 Å². The lowest BCUT2D eigenvalue weighted by Gasteiger charge is -2.14. The molecule has 23 heavy (non-hydrogen) atoms. The maximum absolute atomic E-state index is 12.5. The Hall–Kier alpha value is -3.00. The Kier molecular flexibility index (Phi) is 5.59. The third-order valence-corrected chi connectivity index (χ3v) is 3.23. The minimum absolute atomic E-state index is 0.290. The molecule has 0 unspecified atom stereocenters. The van der Waals surface area contributed by atoms with Gasteiger partial charge in [-0.2, -0.15) is 5.26 Å². The third-order valence-electron chi connectivity index (χ3n) is 3.23. The predicted octanol–water partition coefficient (Wildman–Crippen LogP) is 2.90. The number of methoxy groups -OCH3 is 1. The first-order chi connectivity index (χ1) is 11.2. The molecule has 118 valence electrons. The van der Waals surface area contributed by atoms with Crippen molar-refractivity contribution in [2.24, 2.45) is 0 Å². The van der Waals surface area contributed by atoms with E-state index in [2.05, 4.69) is 5.32 Å². The summed E-state index contributed by atoms with van der Waals surface area (Å²) in [5.74, 6) is 0.406. The summed E-state index contributed by atoms with van der Waals surface area (Å²) in [6.45, 7) is 2.61. The highest BCUT2D eigenvalue weighted by molar-refractivity contribution is 5.98. The number of amides is 1. The monoisotopic (exact) mass is 310 g/mol. The zero-order valence-electron chi connectivity index (χ0n) is 13.1. The van der Waals surface area contributed by atoms with Crippen LogP contribution in [0.3, 0.4) is 0 Å². The fraction of sp³-hybridized carbons (Fsp3) is 0.222. The van der Waals surface area contributed by atoms with E-state index in [-0.39, 0.29) is 5.91 Å². The second kappa shape index (κ2) is 7.85. The Labute approximate surface area is 135 Å². The van der Waals surface area contributed by atoms with Crippen LogP contribution in [0.15, 0.2) is 42.5 Å². The molecule has 5 nitrogen and oxygen atoms in total. The van der Waals surface area contributed by atoms with Crippen LogP contribution in [0.1, 0.15) is 28.4 Å². The summed E-state index contributed by atoms with van der Waals surface area (Å²) in [5.41, 5.74) is 1.62. The van der Waals surface area contributed by atoms with Crippen LogP contribution in [-0.2, 0) is 6.54 Å². The molecule has 0 saturated carbocycles. The fourth-order valence-electron chi connectivity index (χ4n) is 2.15. The molecule has 0 radical (unpaired) electrons. The zero-order chi connectivity index (χ0) is 16.7. The van der Waals surface area contributed by atoms with Gasteiger partial charge in [0.1, 0.15) is 0 Å². The summed E-state index contributed by atoms with van der Waals surface area (Å²) < 4.78 is 10.8. The molecule has 0 aromatic heterocycles. The number of nitriles is 1. The fourth-order valence-corrected chi connectivity index (χ4v) is 2.15. The Bertz CT molecular complexity index is 721. The first kappa shape index (κ1) is 16.4. The van der Waals surface area contributed by atoms with Crippen molar-refractivity contribution in [2.75, 3.05) is 13.7 Å². The van der Waals surface area contributed by atoms with E-state index in [1.54, 1.807) is 6.07 Å². The summed E-state index contributed by atoms with van der Waals surface area (Å²) in [6.07, 6.45) is 0. The van der Waals surface area contributed by atoms with Gasteiger partial charge in [-0.1, -0.05) is 30.3 Å². The Morgan fingerprint density at radius 1 is 1.26 bits per heavy atom. The van der Waals surface area contributed by atoms with E-state index in [0.29, 0.717) is 35.8 Å². The van der Waals surface area contributed by atoms with Gasteiger partial charge in [-0.15, -0.1) is 0 Å². The van der Waals surface area contributed by atoms with E-state index in [9.17, 15) is 4.79 Å². The van der Waals surface area contributed by atoms with Gasteiger partial charge in [-0.05, 0) is 18.6 Å². The number of ether oxygens (including phenoxy) is 2. The van der Waals surface area contributed by atoms with Crippen LogP contribution in [0.5, 0.6) is 11.5 Å². The maximum Gasteiger partial charge on any atom is 0.255 e. The SMILES string of the molecule is CCOc1c(OC)cc(C#N)cc1C(=O)NCc1ccccc1. The number of hydrogen-bond donors (Lipinski definition) is 1. The summed E-state index contributed by atoms with van der Waals surface area (Å²) >= 11 is 0. The van der Waals surface area contributed by atoms with Crippen LogP contribution >= 0.6 is 0 Å². The highest BCUT2D eigenvalue weighted by atomic mass is 16.5. The molecule has 0 bridgehead atoms. The van der Waals surface area contributed by atoms with Crippen LogP contribution in [0, 0.1) is 11.3 Å². The Morgan fingerprint density at radius 2 is 2.00 bits per heavy atom. The van der Waals surface area contributed by atoms with E-state index in [1.165, 1.54) is 13.2 Å². The largest absolute Gasteiger partial charge is 0.493 e. The minimum Gasteiger partial charge on any atom is -0.493 e. The van der Waals surface area contributed by atoms with Crippen LogP contribution in [0.25, 0.3) is 0 Å². The second-order valence-corrected chi connectivity index (χ2v) is 4.77. The smallest absolute Gasteiger partial charge is 0.255 e. The molecule has 0 saturated heterocycles. The predicted molar refractivity (Wildman–Crippen MR) is 86.5 cm³/mol. The maximum atomic E-state index is 12.5. The molecule has 0 aliphatic carbocycles. The first-order valence-corrected chi connectivity index (χ1v) is 7.26. The molecule has 1 N–H and O–H groups in total. The number of carbonyl (C=O) groups excluding carboxylic acids is 1. The van der Waals surface area contributed by atoms with Gasteiger partial charge in [0.25, 0.3) is 5.91 Å². The molecule has 0 spiro atoms. The van der Waals surface area contributed by atoms with Crippen molar-refractivity contribution in [2.45, 2.75) is 13.5 Å². The van der Waals surface area contributed by atoms with Crippen molar-refractivity contribution in [1.82, 2.24) is 5.32 Å². The first-order valence-electron chi connectivity index (χ1n) is 7.26. The van der Waals surface area contributed by atoms with Crippen molar-refractivity contribution in [1.29, 1.82) is 5.26 Å². The Balaban J connectivity index is 2.28. The van der Waals surface area contributed by atoms with Crippen molar-refractivity contribution >= 4 is 5.91 Å². The van der Waals surface area contributed by atoms with Crippen LogP contribution in [0.2, 0.25) is 0 Å². The van der Waals surface area contributed by atoms with Gasteiger partial charge in [-0.3, -0.25) is 4.79 Å². The van der Waals surface area contributed by atoms with Crippen molar-refractivity contribution in [3.63, 3.8) is 0 Å². The van der Waals surface area contributed by atoms with Crippen LogP contribution < -0.4 is 14.8 Å². The minimum atomic E-state index is -0.312. The van der Waals surface area contributed by atoms with Gasteiger partial charge in [-0.25, -0.2) is 0 Å². The molecule has 0 heterocycles. The highest BCUT2D eigenvalue weighted by Crippen LogP contribution is 2.33. The molecular weight excluding hydrogens is 292 g/mol. The molecule has 0 aliphatic heterocycles. The molecule has 0 aliphatic rings. The number of nitrogens with one attached hydrogen (secondary N) is 1. The van der Waals surface area contributed by atoms with Gasteiger partial charge in [0, 0.05) is 12.6 Å². The van der Waals surface area contributed by atoms with E-state index >= 15 is 0 Å². The number of hydrogen-bond acceptors (Lipinski definition) is 4. The molecule has 2 aromatic carbocycles. The van der Waals surface area contributed by atoms with E-state index in [1.807, 2.05) is 43.3 Å². The highest BCUT2D eigenvalue weighted by Gasteiger charge is 2.19. The van der Waals surface area contributed by atoms with E-state index < -0.39 is 0 Å². The molecule has 5 heteroatoms. The zero-order valence-corrected chi connectivity index (χ0v) is 13.1. The summed E-state index contributed by atoms with van der Waals surface area (Å²) in [5, 5.41) is 11.9. The lowest BCUT2D eigenvalue weighted by molar-refractivity contribution is 0.0946. The van der Waals surface area contributed by atoms with Crippen LogP contribution in [0.4, 0.5) is 0 Å². The standard InChI is InChI=1S/C18H18N2O3/c1-3-23-17-15(9-14(11-19)10-16(17)22-2)18(21)20-12-13-7-5-4-6-8-13/h4-10H,3,12H2,1-2H3,(H,20,21). The van der Waals surface area contributed by atoms with E-state index in [4.69, 9.17) is 14.7 Å². The Morgan fingerprint density at radius 3 is 2.61 bits per heavy atom. The third kappa shape index (κ3) is 4.01. The lowest BCUT2D eigenvalue weighted by Crippen LogP contribution is -2.23. The topological polar surface area (TPSA) is 71.3 Å². The average molecular weight is 310 g/mol. The van der Waals surface area contributed by atoms with Gasteiger partial charge < -0.3 is 14.8 Å². The summed E-state index contributed by atoms with van der Waals surface area (Å²) in [6, 6.07) is 14.7. The molecule has 2 aromatic rings. The number of carbonyl (C=O) groups is 1. The van der Waals surface area contributed by atoms with Crippen molar-refractivity contribution < 1.29 is 14.3 Å². The lowest BCUT2D eigenvalue weighted by atomic mass is 10.1. The number of nitrogens with zero attached hydrogens (tertiary/aromatic N) is 1. The van der Waals surface area contributed by atoms with Crippen molar-refractivity contribution in [3.8, 4) is 17.6 Å². The van der Waals surface area contributed by atoms with Gasteiger partial charge in [0.2, 0.25) is 0 Å². The molecule has 0 fully saturated rings. The van der Waals surface area contributed by atoms with Crippen LogP contribution in [-0.4, -0.2) is 19.6 Å². The molecule has 1 amide bonds. The quantitative estimate of drug-likeness (QED) is 0.890. The van der Waals surface area contributed by atoms with E-state index in [0.717, 1.165) is 5.56 Å². The van der Waals surface area contributed by atoms with Gasteiger partial charge in [0.05, 0.1) is 30.9 Å².